The molecule has 0 saturated carbocycles. The Hall–Kier alpha value is -2.32. The summed E-state index contributed by atoms with van der Waals surface area (Å²) in [6.07, 6.45) is 1.87. The Balaban J connectivity index is 1.70. The van der Waals surface area contributed by atoms with Crippen LogP contribution in [0.15, 0.2) is 35.7 Å². The van der Waals surface area contributed by atoms with Crippen LogP contribution in [0, 0.1) is 4.77 Å². The molecule has 2 N–H and O–H groups in total. The van der Waals surface area contributed by atoms with Gasteiger partial charge in [0.05, 0.1) is 13.2 Å². The van der Waals surface area contributed by atoms with Crippen molar-refractivity contribution in [2.45, 2.75) is 39.8 Å². The van der Waals surface area contributed by atoms with Crippen molar-refractivity contribution in [3.63, 3.8) is 0 Å². The van der Waals surface area contributed by atoms with Crippen LogP contribution >= 0.6 is 23.6 Å². The van der Waals surface area contributed by atoms with Crippen molar-refractivity contribution >= 4 is 23.6 Å². The lowest BCUT2D eigenvalue weighted by Crippen LogP contribution is -2.17. The predicted molar refractivity (Wildman–Crippen MR) is 111 cm³/mol. The molecule has 0 aliphatic carbocycles. The third-order valence-electron chi connectivity index (χ3n) is 3.91. The average Bonchev–Trinajstić information content (AvgIpc) is 3.30. The molecule has 0 fully saturated rings. The van der Waals surface area contributed by atoms with E-state index in [1.54, 1.807) is 11.3 Å². The summed E-state index contributed by atoms with van der Waals surface area (Å²) in [6.45, 7) is 5.82. The maximum absolute atomic E-state index is 5.94. The number of H-pyrrole nitrogens is 1. The van der Waals surface area contributed by atoms with Crippen molar-refractivity contribution in [2.75, 3.05) is 12.0 Å². The van der Waals surface area contributed by atoms with Gasteiger partial charge >= 0.3 is 0 Å². The molecule has 8 heteroatoms. The van der Waals surface area contributed by atoms with Gasteiger partial charge in [0.25, 0.3) is 0 Å². The first-order valence-electron chi connectivity index (χ1n) is 9.02. The van der Waals surface area contributed by atoms with E-state index in [9.17, 15) is 0 Å². The molecule has 1 aromatic carbocycles. The van der Waals surface area contributed by atoms with E-state index >= 15 is 0 Å². The van der Waals surface area contributed by atoms with Gasteiger partial charge in [-0.05, 0) is 54.7 Å². The number of aryl methyl sites for hydroxylation is 1. The average molecular weight is 405 g/mol. The van der Waals surface area contributed by atoms with Crippen LogP contribution in [0.4, 0.5) is 0 Å². The Bertz CT molecular complexity index is 903. The van der Waals surface area contributed by atoms with Gasteiger partial charge in [-0.2, -0.15) is 5.10 Å². The molecule has 0 atom stereocenters. The molecule has 0 saturated heterocycles. The molecule has 0 radical (unpaired) electrons. The van der Waals surface area contributed by atoms with Crippen molar-refractivity contribution in [1.29, 1.82) is 0 Å². The molecule has 2 heterocycles. The highest BCUT2D eigenvalue weighted by atomic mass is 32.1. The summed E-state index contributed by atoms with van der Waals surface area (Å²) < 4.78 is 14.1. The normalized spacial score (nSPS) is 10.7. The van der Waals surface area contributed by atoms with E-state index in [0.29, 0.717) is 24.5 Å². The van der Waals surface area contributed by atoms with Crippen LogP contribution in [0.5, 0.6) is 11.5 Å². The van der Waals surface area contributed by atoms with E-state index in [0.717, 1.165) is 35.7 Å². The van der Waals surface area contributed by atoms with Gasteiger partial charge in [0.2, 0.25) is 4.77 Å². The Kier molecular flexibility index (Phi) is 6.89. The topological polar surface area (TPSA) is 64.1 Å². The van der Waals surface area contributed by atoms with Crippen molar-refractivity contribution in [3.05, 3.63) is 56.7 Å². The van der Waals surface area contributed by atoms with E-state index in [1.807, 2.05) is 41.2 Å². The molecule has 0 aliphatic rings. The minimum absolute atomic E-state index is 0.542. The van der Waals surface area contributed by atoms with Crippen molar-refractivity contribution in [2.24, 2.45) is 0 Å². The van der Waals surface area contributed by atoms with E-state index in [1.165, 1.54) is 4.88 Å². The Morgan fingerprint density at radius 3 is 2.85 bits per heavy atom. The van der Waals surface area contributed by atoms with Gasteiger partial charge < -0.3 is 14.9 Å². The molecule has 0 unspecified atom stereocenters. The van der Waals surface area contributed by atoms with Crippen LogP contribution in [-0.2, 0) is 19.6 Å². The fourth-order valence-electron chi connectivity index (χ4n) is 2.65. The molecule has 3 rings (SSSR count). The Labute approximate surface area is 168 Å². The smallest absolute Gasteiger partial charge is 0.214 e. The number of benzene rings is 1. The largest absolute Gasteiger partial charge is 0.490 e. The molecule has 0 spiro atoms. The minimum Gasteiger partial charge on any atom is -0.490 e. The van der Waals surface area contributed by atoms with Gasteiger partial charge in [-0.1, -0.05) is 19.1 Å². The van der Waals surface area contributed by atoms with Crippen molar-refractivity contribution in [3.8, 4) is 11.5 Å². The van der Waals surface area contributed by atoms with Crippen LogP contribution in [0.2, 0.25) is 0 Å². The third-order valence-corrected chi connectivity index (χ3v) is 5.04. The number of hydrogen-bond donors (Lipinski definition) is 2. The second-order valence-corrected chi connectivity index (χ2v) is 7.37. The quantitative estimate of drug-likeness (QED) is 0.481. The molecular weight excluding hydrogens is 380 g/mol. The first-order valence-corrected chi connectivity index (χ1v) is 10.3. The van der Waals surface area contributed by atoms with E-state index in [2.05, 4.69) is 28.6 Å². The van der Waals surface area contributed by atoms with Crippen LogP contribution in [0.1, 0.15) is 36.5 Å². The number of nitrogens with one attached hydrogen (secondary N) is 2. The molecule has 6 nitrogen and oxygen atoms in total. The lowest BCUT2D eigenvalue weighted by molar-refractivity contribution is 0.271. The zero-order valence-corrected chi connectivity index (χ0v) is 17.2. The molecule has 3 aromatic rings. The van der Waals surface area contributed by atoms with Crippen LogP contribution in [0.3, 0.4) is 0 Å². The van der Waals surface area contributed by atoms with Crippen molar-refractivity contribution in [1.82, 2.24) is 14.9 Å². The summed E-state index contributed by atoms with van der Waals surface area (Å²) >= 11 is 6.98. The van der Waals surface area contributed by atoms with Gasteiger partial charge in [0.15, 0.2) is 17.3 Å². The minimum atomic E-state index is 0.542. The molecular formula is C19H24N4O2S2. The van der Waals surface area contributed by atoms with Gasteiger partial charge in [0, 0.05) is 11.3 Å². The Morgan fingerprint density at radius 2 is 2.11 bits per heavy atom. The zero-order chi connectivity index (χ0) is 19.1. The summed E-state index contributed by atoms with van der Waals surface area (Å²) in [7, 11) is 0. The first-order chi connectivity index (χ1) is 13.2. The molecule has 2 aromatic heterocycles. The molecule has 0 bridgehead atoms. The maximum Gasteiger partial charge on any atom is 0.214 e. The van der Waals surface area contributed by atoms with Crippen LogP contribution < -0.4 is 14.9 Å². The highest BCUT2D eigenvalue weighted by Gasteiger charge is 2.09. The summed E-state index contributed by atoms with van der Waals surface area (Å²) in [4.78, 5) is 1.18. The summed E-state index contributed by atoms with van der Waals surface area (Å²) in [5, 5.41) is 9.15. The number of aromatic nitrogens is 3. The van der Waals surface area contributed by atoms with E-state index in [-0.39, 0.29) is 0 Å². The second-order valence-electron chi connectivity index (χ2n) is 5.95. The number of nitrogens with zero attached hydrogens (tertiary/aromatic N) is 2. The number of thiophene rings is 1. The summed E-state index contributed by atoms with van der Waals surface area (Å²) in [5.74, 6) is 2.40. The fourth-order valence-corrected chi connectivity index (χ4v) is 3.48. The highest BCUT2D eigenvalue weighted by molar-refractivity contribution is 7.71. The van der Waals surface area contributed by atoms with Crippen LogP contribution in [0.25, 0.3) is 0 Å². The van der Waals surface area contributed by atoms with Gasteiger partial charge in [0.1, 0.15) is 6.61 Å². The fraction of sp³-hybridized carbons (Fsp3) is 0.368. The Morgan fingerprint density at radius 1 is 1.22 bits per heavy atom. The molecule has 27 heavy (non-hydrogen) atoms. The molecule has 0 aliphatic heterocycles. The summed E-state index contributed by atoms with van der Waals surface area (Å²) in [5.41, 5.74) is 4.41. The van der Waals surface area contributed by atoms with E-state index in [4.69, 9.17) is 21.7 Å². The lowest BCUT2D eigenvalue weighted by atomic mass is 10.2. The highest BCUT2D eigenvalue weighted by Crippen LogP contribution is 2.29. The third kappa shape index (κ3) is 5.11. The number of hydrogen-bond acceptors (Lipinski definition) is 6. The summed E-state index contributed by atoms with van der Waals surface area (Å²) in [6, 6.07) is 10.1. The van der Waals surface area contributed by atoms with Crippen LogP contribution in [-0.4, -0.2) is 21.5 Å². The molecule has 0 amide bonds. The van der Waals surface area contributed by atoms with E-state index < -0.39 is 0 Å². The van der Waals surface area contributed by atoms with Crippen molar-refractivity contribution < 1.29 is 9.47 Å². The molecule has 144 valence electrons. The maximum atomic E-state index is 5.94. The number of aromatic amines is 1. The van der Waals surface area contributed by atoms with Gasteiger partial charge in [-0.15, -0.1) is 11.3 Å². The monoisotopic (exact) mass is 404 g/mol. The first kappa shape index (κ1) is 19.4. The number of ether oxygens (including phenoxy) is 2. The standard InChI is InChI=1S/C19H24N4O2S2/c1-3-6-18-21-22-19(26)23(18)20-12-14-8-9-16(17(11-14)24-4-2)25-13-15-7-5-10-27-15/h5,7-11,20H,3-4,6,12-13H2,1-2H3,(H,22,26). The predicted octanol–water partition coefficient (Wildman–Crippen LogP) is 4.68. The lowest BCUT2D eigenvalue weighted by Gasteiger charge is -2.14. The zero-order valence-electron chi connectivity index (χ0n) is 15.5. The second kappa shape index (κ2) is 9.57. The SMILES string of the molecule is CCCc1n[nH]c(=S)n1NCc1ccc(OCc2cccs2)c(OCC)c1. The van der Waals surface area contributed by atoms with Gasteiger partial charge in [-0.25, -0.2) is 4.68 Å². The van der Waals surface area contributed by atoms with Gasteiger partial charge in [-0.3, -0.25) is 5.10 Å². The number of rotatable bonds is 10.